The highest BCUT2D eigenvalue weighted by Crippen LogP contribution is 2.22. The van der Waals surface area contributed by atoms with Crippen LogP contribution in [0.15, 0.2) is 60.9 Å². The van der Waals surface area contributed by atoms with Crippen LogP contribution in [-0.4, -0.2) is 27.9 Å². The average Bonchev–Trinajstić information content (AvgIpc) is 3.11. The van der Waals surface area contributed by atoms with Crippen LogP contribution in [-0.2, 0) is 11.8 Å². The summed E-state index contributed by atoms with van der Waals surface area (Å²) in [5.41, 5.74) is 1.07. The van der Waals surface area contributed by atoms with Gasteiger partial charge in [-0.05, 0) is 42.0 Å². The van der Waals surface area contributed by atoms with Crippen LogP contribution in [0.1, 0.15) is 27.8 Å². The van der Waals surface area contributed by atoms with Crippen LogP contribution in [0.3, 0.4) is 0 Å². The molecule has 0 bridgehead atoms. The molecule has 0 aliphatic heterocycles. The van der Waals surface area contributed by atoms with Gasteiger partial charge in [0.05, 0.1) is 6.54 Å². The first-order chi connectivity index (χ1) is 13.4. The first-order valence-electron chi connectivity index (χ1n) is 8.50. The fraction of sp³-hybridized carbons (Fsp3) is 0.150. The minimum absolute atomic E-state index is 0.231. The molecule has 0 unspecified atom stereocenters. The molecule has 8 heteroatoms. The normalized spacial score (nSPS) is 11.7. The van der Waals surface area contributed by atoms with E-state index in [9.17, 15) is 14.0 Å². The standard InChI is InChI=1S/C20H18ClFN4O2/c1-26-11-10-23-19(26)18(13-2-6-15(21)7-3-13)25-17(27)12-24-20(28)14-4-8-16(22)9-5-14/h2-11,18H,12H2,1H3,(H,24,28)(H,25,27)/t18-/m1/s1. The maximum Gasteiger partial charge on any atom is 0.251 e. The topological polar surface area (TPSA) is 76.0 Å². The van der Waals surface area contributed by atoms with Crippen LogP contribution in [0.2, 0.25) is 5.02 Å². The highest BCUT2D eigenvalue weighted by molar-refractivity contribution is 6.30. The summed E-state index contributed by atoms with van der Waals surface area (Å²) in [6.07, 6.45) is 3.42. The molecule has 2 N–H and O–H groups in total. The number of rotatable bonds is 6. The van der Waals surface area contributed by atoms with Crippen molar-refractivity contribution in [2.75, 3.05) is 6.54 Å². The smallest absolute Gasteiger partial charge is 0.251 e. The summed E-state index contributed by atoms with van der Waals surface area (Å²) < 4.78 is 14.8. The average molecular weight is 401 g/mol. The van der Waals surface area contributed by atoms with Crippen molar-refractivity contribution in [3.63, 3.8) is 0 Å². The molecule has 1 heterocycles. The quantitative estimate of drug-likeness (QED) is 0.668. The van der Waals surface area contributed by atoms with E-state index in [0.29, 0.717) is 10.8 Å². The Bertz CT molecular complexity index is 971. The van der Waals surface area contributed by atoms with Gasteiger partial charge < -0.3 is 15.2 Å². The van der Waals surface area contributed by atoms with Gasteiger partial charge in [0.25, 0.3) is 5.91 Å². The lowest BCUT2D eigenvalue weighted by Crippen LogP contribution is -2.39. The number of hydrogen-bond donors (Lipinski definition) is 2. The molecule has 0 aliphatic rings. The van der Waals surface area contributed by atoms with E-state index in [1.807, 2.05) is 7.05 Å². The van der Waals surface area contributed by atoms with Gasteiger partial charge in [-0.2, -0.15) is 0 Å². The van der Waals surface area contributed by atoms with Gasteiger partial charge in [-0.1, -0.05) is 23.7 Å². The van der Waals surface area contributed by atoms with Crippen LogP contribution in [0, 0.1) is 5.82 Å². The summed E-state index contributed by atoms with van der Waals surface area (Å²) in [6.45, 7) is -0.231. The van der Waals surface area contributed by atoms with E-state index in [-0.39, 0.29) is 12.1 Å². The molecular formula is C20H18ClFN4O2. The van der Waals surface area contributed by atoms with Crippen LogP contribution in [0.25, 0.3) is 0 Å². The molecule has 144 valence electrons. The molecule has 2 amide bonds. The lowest BCUT2D eigenvalue weighted by molar-refractivity contribution is -0.120. The van der Waals surface area contributed by atoms with Crippen molar-refractivity contribution in [1.29, 1.82) is 0 Å². The SMILES string of the molecule is Cn1ccnc1[C@H](NC(=O)CNC(=O)c1ccc(F)cc1)c1ccc(Cl)cc1. The highest BCUT2D eigenvalue weighted by atomic mass is 35.5. The molecule has 3 aromatic rings. The molecule has 0 aliphatic carbocycles. The van der Waals surface area contributed by atoms with Crippen LogP contribution < -0.4 is 10.6 Å². The van der Waals surface area contributed by atoms with Crippen molar-refractivity contribution in [2.24, 2.45) is 7.05 Å². The number of halogens is 2. The maximum atomic E-state index is 12.9. The summed E-state index contributed by atoms with van der Waals surface area (Å²) in [6, 6.07) is 11.6. The monoisotopic (exact) mass is 400 g/mol. The number of nitrogens with one attached hydrogen (secondary N) is 2. The van der Waals surface area contributed by atoms with Crippen LogP contribution in [0.5, 0.6) is 0 Å². The Hall–Kier alpha value is -3.19. The number of imidazole rings is 1. The molecule has 2 aromatic carbocycles. The molecule has 0 saturated carbocycles. The van der Waals surface area contributed by atoms with E-state index in [4.69, 9.17) is 11.6 Å². The fourth-order valence-corrected chi connectivity index (χ4v) is 2.81. The van der Waals surface area contributed by atoms with E-state index in [1.54, 1.807) is 41.2 Å². The Morgan fingerprint density at radius 2 is 1.82 bits per heavy atom. The summed E-state index contributed by atoms with van der Waals surface area (Å²) in [4.78, 5) is 28.8. The van der Waals surface area contributed by atoms with Crippen LogP contribution in [0.4, 0.5) is 4.39 Å². The van der Waals surface area contributed by atoms with Crippen molar-refractivity contribution < 1.29 is 14.0 Å². The second-order valence-electron chi connectivity index (χ2n) is 6.14. The number of carbonyl (C=O) groups excluding carboxylic acids is 2. The molecular weight excluding hydrogens is 383 g/mol. The van der Waals surface area contributed by atoms with E-state index in [2.05, 4.69) is 15.6 Å². The largest absolute Gasteiger partial charge is 0.343 e. The number of amides is 2. The Morgan fingerprint density at radius 3 is 2.43 bits per heavy atom. The zero-order valence-electron chi connectivity index (χ0n) is 15.0. The minimum atomic E-state index is -0.507. The van der Waals surface area contributed by atoms with Gasteiger partial charge in [0, 0.05) is 30.0 Å². The second kappa shape index (κ2) is 8.67. The van der Waals surface area contributed by atoms with Gasteiger partial charge in [-0.15, -0.1) is 0 Å². The van der Waals surface area contributed by atoms with Crippen molar-refractivity contribution in [3.8, 4) is 0 Å². The minimum Gasteiger partial charge on any atom is -0.343 e. The third-order valence-corrected chi connectivity index (χ3v) is 4.39. The van der Waals surface area contributed by atoms with Crippen LogP contribution >= 0.6 is 11.6 Å². The lowest BCUT2D eigenvalue weighted by Gasteiger charge is -2.19. The lowest BCUT2D eigenvalue weighted by atomic mass is 10.1. The molecule has 6 nitrogen and oxygen atoms in total. The van der Waals surface area contributed by atoms with Gasteiger partial charge in [-0.3, -0.25) is 9.59 Å². The van der Waals surface area contributed by atoms with Gasteiger partial charge >= 0.3 is 0 Å². The summed E-state index contributed by atoms with van der Waals surface area (Å²) in [5.74, 6) is -0.649. The molecule has 0 radical (unpaired) electrons. The van der Waals surface area contributed by atoms with Gasteiger partial charge in [0.2, 0.25) is 5.91 Å². The van der Waals surface area contributed by atoms with E-state index < -0.39 is 23.7 Å². The zero-order chi connectivity index (χ0) is 20.1. The zero-order valence-corrected chi connectivity index (χ0v) is 15.8. The molecule has 28 heavy (non-hydrogen) atoms. The van der Waals surface area contributed by atoms with Crippen molar-refractivity contribution in [1.82, 2.24) is 20.2 Å². The Balaban J connectivity index is 1.69. The fourth-order valence-electron chi connectivity index (χ4n) is 2.68. The Labute approximate surface area is 166 Å². The van der Waals surface area contributed by atoms with E-state index >= 15 is 0 Å². The van der Waals surface area contributed by atoms with Gasteiger partial charge in [-0.25, -0.2) is 9.37 Å². The Kier molecular flexibility index (Phi) is 6.06. The van der Waals surface area contributed by atoms with Gasteiger partial charge in [0.1, 0.15) is 17.7 Å². The van der Waals surface area contributed by atoms with E-state index in [1.165, 1.54) is 24.3 Å². The number of carbonyl (C=O) groups is 2. The molecule has 0 fully saturated rings. The predicted molar refractivity (Wildman–Crippen MR) is 103 cm³/mol. The first kappa shape index (κ1) is 19.6. The number of hydrogen-bond acceptors (Lipinski definition) is 3. The highest BCUT2D eigenvalue weighted by Gasteiger charge is 2.21. The molecule has 1 aromatic heterocycles. The summed E-state index contributed by atoms with van der Waals surface area (Å²) in [5, 5.41) is 5.98. The maximum absolute atomic E-state index is 12.9. The third-order valence-electron chi connectivity index (χ3n) is 4.14. The second-order valence-corrected chi connectivity index (χ2v) is 6.57. The first-order valence-corrected chi connectivity index (χ1v) is 8.87. The molecule has 1 atom stereocenters. The third kappa shape index (κ3) is 4.75. The van der Waals surface area contributed by atoms with Gasteiger partial charge in [0.15, 0.2) is 0 Å². The number of benzene rings is 2. The summed E-state index contributed by atoms with van der Waals surface area (Å²) in [7, 11) is 1.83. The molecule has 3 rings (SSSR count). The van der Waals surface area contributed by atoms with Crippen molar-refractivity contribution in [2.45, 2.75) is 6.04 Å². The number of aryl methyl sites for hydroxylation is 1. The molecule has 0 saturated heterocycles. The summed E-state index contributed by atoms with van der Waals surface area (Å²) >= 11 is 5.95. The van der Waals surface area contributed by atoms with E-state index in [0.717, 1.165) is 5.56 Å². The van der Waals surface area contributed by atoms with Crippen molar-refractivity contribution in [3.05, 3.63) is 88.7 Å². The Morgan fingerprint density at radius 1 is 1.14 bits per heavy atom. The van der Waals surface area contributed by atoms with Crippen molar-refractivity contribution >= 4 is 23.4 Å². The number of aromatic nitrogens is 2. The number of nitrogens with zero attached hydrogens (tertiary/aromatic N) is 2. The predicted octanol–water partition coefficient (Wildman–Crippen LogP) is 2.85. The molecule has 0 spiro atoms.